The molecule has 0 saturated carbocycles. The van der Waals surface area contributed by atoms with Gasteiger partial charge in [0.05, 0.1) is 6.20 Å². The van der Waals surface area contributed by atoms with E-state index in [2.05, 4.69) is 40.0 Å². The fourth-order valence-corrected chi connectivity index (χ4v) is 4.41. The number of rotatable bonds is 9. The fraction of sp³-hybridized carbons (Fsp3) is 0.308. The van der Waals surface area contributed by atoms with Crippen LogP contribution in [0.4, 0.5) is 10.6 Å². The fourth-order valence-electron chi connectivity index (χ4n) is 4.41. The minimum Gasteiger partial charge on any atom is -0.477 e. The van der Waals surface area contributed by atoms with Crippen LogP contribution in [0.3, 0.4) is 0 Å². The molecule has 0 radical (unpaired) electrons. The molecule has 1 heterocycles. The number of nitrogens with one attached hydrogen (secondary N) is 2. The molecule has 182 valence electrons. The highest BCUT2D eigenvalue weighted by Crippen LogP contribution is 2.44. The van der Waals surface area contributed by atoms with Gasteiger partial charge in [-0.2, -0.15) is 5.10 Å². The van der Waals surface area contributed by atoms with Gasteiger partial charge in [0.15, 0.2) is 0 Å². The zero-order valence-corrected chi connectivity index (χ0v) is 19.7. The Hall–Kier alpha value is -4.14. The number of anilines is 1. The normalized spacial score (nSPS) is 13.0. The molecule has 3 N–H and O–H groups in total. The number of alkyl carbamates (subject to hydrolysis) is 1. The average molecular weight is 477 g/mol. The first-order valence-electron chi connectivity index (χ1n) is 11.5. The zero-order valence-electron chi connectivity index (χ0n) is 19.7. The van der Waals surface area contributed by atoms with E-state index >= 15 is 0 Å². The number of carbonyl (C=O) groups excluding carboxylic acids is 2. The minimum absolute atomic E-state index is 0.00142. The van der Waals surface area contributed by atoms with Crippen LogP contribution in [0.25, 0.3) is 11.1 Å². The van der Waals surface area contributed by atoms with E-state index < -0.39 is 12.1 Å². The van der Waals surface area contributed by atoms with E-state index in [1.165, 1.54) is 22.0 Å². The second-order valence-corrected chi connectivity index (χ2v) is 8.73. The van der Waals surface area contributed by atoms with Crippen LogP contribution >= 0.6 is 0 Å². The van der Waals surface area contributed by atoms with Crippen LogP contribution < -0.4 is 10.6 Å². The Morgan fingerprint density at radius 3 is 2.34 bits per heavy atom. The summed E-state index contributed by atoms with van der Waals surface area (Å²) in [5.74, 6) is -1.37. The Balaban J connectivity index is 1.22. The van der Waals surface area contributed by atoms with Gasteiger partial charge in [0.25, 0.3) is 0 Å². The van der Waals surface area contributed by atoms with Crippen molar-refractivity contribution in [2.45, 2.75) is 25.7 Å². The Labute approximate surface area is 203 Å². The van der Waals surface area contributed by atoms with E-state index in [9.17, 15) is 19.5 Å². The second-order valence-electron chi connectivity index (χ2n) is 8.73. The molecule has 4 rings (SSSR count). The Morgan fingerprint density at radius 2 is 1.71 bits per heavy atom. The third-order valence-corrected chi connectivity index (χ3v) is 6.21. The maximum Gasteiger partial charge on any atom is 0.407 e. The Bertz CT molecular complexity index is 1210. The first-order chi connectivity index (χ1) is 16.8. The van der Waals surface area contributed by atoms with Crippen LogP contribution in [0.1, 0.15) is 47.2 Å². The van der Waals surface area contributed by atoms with Crippen LogP contribution in [-0.4, -0.2) is 46.0 Å². The molecule has 0 bridgehead atoms. The lowest BCUT2D eigenvalue weighted by molar-refractivity contribution is -0.117. The predicted octanol–water partition coefficient (Wildman–Crippen LogP) is 4.01. The van der Waals surface area contributed by atoms with E-state index in [1.807, 2.05) is 31.2 Å². The molecular weight excluding hydrogens is 448 g/mol. The molecule has 1 aliphatic rings. The third-order valence-electron chi connectivity index (χ3n) is 6.21. The van der Waals surface area contributed by atoms with Crippen LogP contribution in [-0.2, 0) is 16.6 Å². The van der Waals surface area contributed by atoms with Crippen molar-refractivity contribution in [3.63, 3.8) is 0 Å². The van der Waals surface area contributed by atoms with E-state index in [0.717, 1.165) is 11.1 Å². The van der Waals surface area contributed by atoms with Crippen molar-refractivity contribution in [3.05, 3.63) is 71.4 Å². The highest BCUT2D eigenvalue weighted by atomic mass is 16.5. The smallest absolute Gasteiger partial charge is 0.407 e. The number of fused-ring (bicyclic) bond motifs is 3. The van der Waals surface area contributed by atoms with E-state index in [-0.39, 0.29) is 42.2 Å². The van der Waals surface area contributed by atoms with Gasteiger partial charge in [-0.25, -0.2) is 9.59 Å². The number of carboxylic acid groups (broad SMARTS) is 1. The van der Waals surface area contributed by atoms with Crippen molar-refractivity contribution in [2.75, 3.05) is 18.5 Å². The molecule has 1 aliphatic carbocycles. The number of aromatic nitrogens is 2. The van der Waals surface area contributed by atoms with Gasteiger partial charge < -0.3 is 20.5 Å². The monoisotopic (exact) mass is 476 g/mol. The summed E-state index contributed by atoms with van der Waals surface area (Å²) in [5.41, 5.74) is 4.59. The number of benzene rings is 2. The standard InChI is InChI=1S/C26H28N4O5/c1-16(13-23(31)29-24-21(25(32)33)14-28-30(24)2)11-12-27-26(34)35-15-22-19-9-5-3-7-17(19)18-8-4-6-10-20(18)22/h3-10,14,16,22H,11-13,15H2,1-2H3,(H,27,34)(H,29,31)(H,32,33). The highest BCUT2D eigenvalue weighted by molar-refractivity contribution is 5.99. The topological polar surface area (TPSA) is 123 Å². The quantitative estimate of drug-likeness (QED) is 0.429. The summed E-state index contributed by atoms with van der Waals surface area (Å²) in [6, 6.07) is 16.3. The lowest BCUT2D eigenvalue weighted by Gasteiger charge is -2.15. The van der Waals surface area contributed by atoms with Crippen LogP contribution in [0.5, 0.6) is 0 Å². The summed E-state index contributed by atoms with van der Waals surface area (Å²) >= 11 is 0. The van der Waals surface area contributed by atoms with Crippen LogP contribution in [0.15, 0.2) is 54.7 Å². The Morgan fingerprint density at radius 1 is 1.09 bits per heavy atom. The number of nitrogens with zero attached hydrogens (tertiary/aromatic N) is 2. The zero-order chi connectivity index (χ0) is 24.9. The molecule has 9 nitrogen and oxygen atoms in total. The molecule has 0 fully saturated rings. The number of hydrogen-bond donors (Lipinski definition) is 3. The number of amides is 2. The van der Waals surface area contributed by atoms with Crippen molar-refractivity contribution in [2.24, 2.45) is 13.0 Å². The van der Waals surface area contributed by atoms with Gasteiger partial charge in [0.2, 0.25) is 5.91 Å². The number of ether oxygens (including phenoxy) is 1. The van der Waals surface area contributed by atoms with Gasteiger partial charge in [-0.3, -0.25) is 9.48 Å². The van der Waals surface area contributed by atoms with Crippen molar-refractivity contribution in [1.29, 1.82) is 0 Å². The summed E-state index contributed by atoms with van der Waals surface area (Å²) in [6.07, 6.45) is 1.44. The highest BCUT2D eigenvalue weighted by Gasteiger charge is 2.29. The van der Waals surface area contributed by atoms with Crippen molar-refractivity contribution in [1.82, 2.24) is 15.1 Å². The number of aryl methyl sites for hydroxylation is 1. The first kappa shape index (κ1) is 24.0. The molecule has 0 aliphatic heterocycles. The molecule has 2 amide bonds. The average Bonchev–Trinajstić information content (AvgIpc) is 3.35. The molecule has 1 unspecified atom stereocenters. The van der Waals surface area contributed by atoms with E-state index in [4.69, 9.17) is 4.74 Å². The lowest BCUT2D eigenvalue weighted by atomic mass is 9.98. The number of carbonyl (C=O) groups is 3. The summed E-state index contributed by atoms with van der Waals surface area (Å²) in [7, 11) is 1.56. The van der Waals surface area contributed by atoms with Crippen molar-refractivity contribution >= 4 is 23.8 Å². The van der Waals surface area contributed by atoms with E-state index in [1.54, 1.807) is 7.05 Å². The molecular formula is C26H28N4O5. The largest absolute Gasteiger partial charge is 0.477 e. The molecule has 9 heteroatoms. The molecule has 35 heavy (non-hydrogen) atoms. The molecule has 0 spiro atoms. The maximum atomic E-state index is 12.3. The minimum atomic E-state index is -1.16. The van der Waals surface area contributed by atoms with Crippen molar-refractivity contribution in [3.8, 4) is 11.1 Å². The van der Waals surface area contributed by atoms with Crippen LogP contribution in [0.2, 0.25) is 0 Å². The molecule has 2 aromatic carbocycles. The first-order valence-corrected chi connectivity index (χ1v) is 11.5. The second kappa shape index (κ2) is 10.4. The number of hydrogen-bond acceptors (Lipinski definition) is 5. The van der Waals surface area contributed by atoms with E-state index in [0.29, 0.717) is 13.0 Å². The van der Waals surface area contributed by atoms with Gasteiger partial charge >= 0.3 is 12.1 Å². The maximum absolute atomic E-state index is 12.3. The summed E-state index contributed by atoms with van der Waals surface area (Å²) < 4.78 is 6.84. The number of aromatic carboxylic acids is 1. The molecule has 3 aromatic rings. The third kappa shape index (κ3) is 5.34. The molecule has 1 aromatic heterocycles. The molecule has 1 atom stereocenters. The Kier molecular flexibility index (Phi) is 7.14. The summed E-state index contributed by atoms with van der Waals surface area (Å²) in [6.45, 7) is 2.49. The van der Waals surface area contributed by atoms with Gasteiger partial charge in [0.1, 0.15) is 18.0 Å². The SMILES string of the molecule is CC(CCNC(=O)OCC1c2ccccc2-c2ccccc21)CC(=O)Nc1c(C(=O)O)cnn1C. The predicted molar refractivity (Wildman–Crippen MR) is 130 cm³/mol. The van der Waals surface area contributed by atoms with Gasteiger partial charge in [-0.05, 0) is 34.6 Å². The summed E-state index contributed by atoms with van der Waals surface area (Å²) in [4.78, 5) is 35.9. The lowest BCUT2D eigenvalue weighted by Crippen LogP contribution is -2.28. The summed E-state index contributed by atoms with van der Waals surface area (Å²) in [5, 5.41) is 18.4. The van der Waals surface area contributed by atoms with Gasteiger partial charge in [-0.1, -0.05) is 55.5 Å². The number of carboxylic acids is 1. The van der Waals surface area contributed by atoms with Crippen LogP contribution in [0, 0.1) is 5.92 Å². The van der Waals surface area contributed by atoms with Gasteiger partial charge in [-0.15, -0.1) is 0 Å². The van der Waals surface area contributed by atoms with Gasteiger partial charge in [0, 0.05) is 25.9 Å². The molecule has 0 saturated heterocycles. The van der Waals surface area contributed by atoms with Crippen molar-refractivity contribution < 1.29 is 24.2 Å².